The van der Waals surface area contributed by atoms with Crippen molar-refractivity contribution in [3.05, 3.63) is 24.7 Å². The summed E-state index contributed by atoms with van der Waals surface area (Å²) >= 11 is 4.11. The van der Waals surface area contributed by atoms with E-state index in [0.717, 1.165) is 0 Å². The molecule has 0 saturated heterocycles. The lowest BCUT2D eigenvalue weighted by Crippen LogP contribution is -2.42. The highest BCUT2D eigenvalue weighted by atomic mass is 32.1. The van der Waals surface area contributed by atoms with Crippen LogP contribution >= 0.6 is 12.6 Å². The average molecular weight is 258 g/mol. The second kappa shape index (κ2) is 8.51. The summed E-state index contributed by atoms with van der Waals surface area (Å²) in [7, 11) is 0. The summed E-state index contributed by atoms with van der Waals surface area (Å²) in [5, 5.41) is 5.29. The van der Waals surface area contributed by atoms with E-state index in [4.69, 9.17) is 10.5 Å². The van der Waals surface area contributed by atoms with Crippen molar-refractivity contribution in [2.24, 2.45) is 10.7 Å². The van der Waals surface area contributed by atoms with Crippen molar-refractivity contribution in [1.82, 2.24) is 10.6 Å². The minimum atomic E-state index is -0.603. The zero-order chi connectivity index (χ0) is 13.3. The van der Waals surface area contributed by atoms with Gasteiger partial charge in [-0.05, 0) is 13.8 Å². The summed E-state index contributed by atoms with van der Waals surface area (Å²) in [5.74, 6) is 0. The van der Waals surface area contributed by atoms with E-state index < -0.39 is 11.6 Å². The first-order valence-corrected chi connectivity index (χ1v) is 5.51. The minimum absolute atomic E-state index is 0.301. The Labute approximate surface area is 106 Å². The number of hydrogen-bond acceptors (Lipinski definition) is 6. The van der Waals surface area contributed by atoms with Gasteiger partial charge in [-0.3, -0.25) is 10.3 Å². The van der Waals surface area contributed by atoms with Crippen LogP contribution in [0.1, 0.15) is 13.8 Å². The second-order valence-corrected chi connectivity index (χ2v) is 3.46. The van der Waals surface area contributed by atoms with Gasteiger partial charge in [0.25, 0.3) is 0 Å². The summed E-state index contributed by atoms with van der Waals surface area (Å²) in [5.41, 5.74) is 5.71. The Balaban J connectivity index is 4.16. The molecular formula is C10H18N4O2S. The first-order valence-electron chi connectivity index (χ1n) is 4.99. The van der Waals surface area contributed by atoms with Crippen LogP contribution in [-0.2, 0) is 4.74 Å². The lowest BCUT2D eigenvalue weighted by Gasteiger charge is -2.17. The number of nitrogens with one attached hydrogen (secondary N) is 2. The van der Waals surface area contributed by atoms with Gasteiger partial charge in [-0.25, -0.2) is 4.79 Å². The molecule has 17 heavy (non-hydrogen) atoms. The van der Waals surface area contributed by atoms with Gasteiger partial charge < -0.3 is 15.8 Å². The van der Waals surface area contributed by atoms with Gasteiger partial charge in [0.05, 0.1) is 18.0 Å². The van der Waals surface area contributed by atoms with Crippen molar-refractivity contribution in [2.75, 3.05) is 6.61 Å². The normalized spacial score (nSPS) is 13.2. The van der Waals surface area contributed by atoms with Crippen molar-refractivity contribution in [3.63, 3.8) is 0 Å². The Morgan fingerprint density at radius 2 is 2.29 bits per heavy atom. The number of carbonyl (C=O) groups is 1. The molecule has 0 aromatic carbocycles. The van der Waals surface area contributed by atoms with Crippen LogP contribution in [0.15, 0.2) is 29.7 Å². The van der Waals surface area contributed by atoms with E-state index >= 15 is 0 Å². The molecule has 7 heteroatoms. The Morgan fingerprint density at radius 3 is 2.82 bits per heavy atom. The predicted octanol–water partition coefficient (Wildman–Crippen LogP) is 0.940. The number of aliphatic imine (C=N–C) groups is 1. The third kappa shape index (κ3) is 7.29. The maximum Gasteiger partial charge on any atom is 0.409 e. The smallest absolute Gasteiger partial charge is 0.409 e. The summed E-state index contributed by atoms with van der Waals surface area (Å²) in [6, 6.07) is 0. The number of alkyl carbamates (subject to hydrolysis) is 1. The molecule has 1 amide bonds. The number of nitrogens with zero attached hydrogens (tertiary/aromatic N) is 1. The largest absolute Gasteiger partial charge is 0.450 e. The standard InChI is InChI=1S/C10H18N4O2S/c1-4-16-10(15)14-9(17)13-8(3)7(2)12-6-5-11/h5-6,9,13,17H,3-4,11H2,1-2H3,(H,14,15)/b6-5-,12-7?. The highest BCUT2D eigenvalue weighted by molar-refractivity contribution is 7.80. The molecule has 0 aromatic rings. The fourth-order valence-corrected chi connectivity index (χ4v) is 1.08. The molecule has 1 unspecified atom stereocenters. The molecule has 0 aliphatic rings. The molecule has 0 saturated carbocycles. The van der Waals surface area contributed by atoms with E-state index in [2.05, 4.69) is 34.8 Å². The average Bonchev–Trinajstić information content (AvgIpc) is 2.25. The van der Waals surface area contributed by atoms with Crippen LogP contribution in [-0.4, -0.2) is 23.9 Å². The van der Waals surface area contributed by atoms with Crippen LogP contribution in [0.3, 0.4) is 0 Å². The van der Waals surface area contributed by atoms with Gasteiger partial charge in [0, 0.05) is 12.4 Å². The summed E-state index contributed by atoms with van der Waals surface area (Å²) in [4.78, 5) is 15.0. The highest BCUT2D eigenvalue weighted by Gasteiger charge is 2.09. The molecule has 0 aliphatic heterocycles. The van der Waals surface area contributed by atoms with Gasteiger partial charge in [0.1, 0.15) is 5.50 Å². The maximum absolute atomic E-state index is 11.1. The molecule has 0 fully saturated rings. The van der Waals surface area contributed by atoms with E-state index in [-0.39, 0.29) is 0 Å². The number of thiol groups is 1. The molecule has 0 aliphatic carbocycles. The second-order valence-electron chi connectivity index (χ2n) is 2.95. The van der Waals surface area contributed by atoms with E-state index in [1.807, 2.05) is 0 Å². The third-order valence-electron chi connectivity index (χ3n) is 1.63. The summed E-state index contributed by atoms with van der Waals surface area (Å²) < 4.78 is 4.69. The Morgan fingerprint density at radius 1 is 1.65 bits per heavy atom. The van der Waals surface area contributed by atoms with Gasteiger partial charge in [-0.1, -0.05) is 6.58 Å². The highest BCUT2D eigenvalue weighted by Crippen LogP contribution is 1.96. The number of rotatable bonds is 6. The van der Waals surface area contributed by atoms with Gasteiger partial charge in [0.15, 0.2) is 0 Å². The number of ether oxygens (including phenoxy) is 1. The molecule has 1 atom stereocenters. The summed E-state index contributed by atoms with van der Waals surface area (Å²) in [6.07, 6.45) is 2.20. The van der Waals surface area contributed by atoms with Crippen molar-refractivity contribution in [2.45, 2.75) is 19.3 Å². The minimum Gasteiger partial charge on any atom is -0.450 e. The lowest BCUT2D eigenvalue weighted by molar-refractivity contribution is 0.150. The Kier molecular flexibility index (Phi) is 7.70. The Hall–Kier alpha value is -1.63. The zero-order valence-electron chi connectivity index (χ0n) is 9.93. The molecule has 4 N–H and O–H groups in total. The fourth-order valence-electron chi connectivity index (χ4n) is 0.823. The molecule has 0 spiro atoms. The van der Waals surface area contributed by atoms with Crippen LogP contribution in [0.2, 0.25) is 0 Å². The molecule has 0 bridgehead atoms. The van der Waals surface area contributed by atoms with Crippen LogP contribution in [0.25, 0.3) is 0 Å². The zero-order valence-corrected chi connectivity index (χ0v) is 10.8. The molecule has 96 valence electrons. The molecule has 0 rings (SSSR count). The number of amides is 1. The Bertz CT molecular complexity index is 328. The van der Waals surface area contributed by atoms with Gasteiger partial charge in [-0.15, -0.1) is 12.6 Å². The van der Waals surface area contributed by atoms with Crippen LogP contribution in [0.4, 0.5) is 4.79 Å². The van der Waals surface area contributed by atoms with Gasteiger partial charge in [0.2, 0.25) is 0 Å². The summed E-state index contributed by atoms with van der Waals surface area (Å²) in [6.45, 7) is 7.51. The first kappa shape index (κ1) is 15.4. The van der Waals surface area contributed by atoms with Gasteiger partial charge in [-0.2, -0.15) is 0 Å². The predicted molar refractivity (Wildman–Crippen MR) is 71.6 cm³/mol. The molecule has 0 aromatic heterocycles. The number of hydrogen-bond donors (Lipinski definition) is 4. The van der Waals surface area contributed by atoms with Crippen molar-refractivity contribution in [1.29, 1.82) is 0 Å². The SMILES string of the molecule is C=C(NC(S)NC(=O)OCC)C(C)=N/C=C\N. The van der Waals surface area contributed by atoms with Crippen molar-refractivity contribution in [3.8, 4) is 0 Å². The van der Waals surface area contributed by atoms with E-state index in [9.17, 15) is 4.79 Å². The number of allylic oxidation sites excluding steroid dienone is 1. The van der Waals surface area contributed by atoms with Crippen molar-refractivity contribution < 1.29 is 9.53 Å². The topological polar surface area (TPSA) is 88.7 Å². The molecular weight excluding hydrogens is 240 g/mol. The van der Waals surface area contributed by atoms with Crippen LogP contribution < -0.4 is 16.4 Å². The maximum atomic E-state index is 11.1. The fraction of sp³-hybridized carbons (Fsp3) is 0.400. The van der Waals surface area contributed by atoms with E-state index in [1.165, 1.54) is 12.4 Å². The van der Waals surface area contributed by atoms with E-state index in [0.29, 0.717) is 18.0 Å². The molecule has 6 nitrogen and oxygen atoms in total. The molecule has 0 radical (unpaired) electrons. The van der Waals surface area contributed by atoms with Crippen LogP contribution in [0, 0.1) is 0 Å². The quantitative estimate of drug-likeness (QED) is 0.324. The van der Waals surface area contributed by atoms with Crippen LogP contribution in [0.5, 0.6) is 0 Å². The monoisotopic (exact) mass is 258 g/mol. The number of carbonyl (C=O) groups excluding carboxylic acids is 1. The third-order valence-corrected chi connectivity index (χ3v) is 1.89. The van der Waals surface area contributed by atoms with Crippen molar-refractivity contribution >= 4 is 24.4 Å². The molecule has 0 heterocycles. The van der Waals surface area contributed by atoms with E-state index in [1.54, 1.807) is 13.8 Å². The first-order chi connectivity index (χ1) is 8.01. The lowest BCUT2D eigenvalue weighted by atomic mass is 10.3. The number of nitrogens with two attached hydrogens (primary N) is 1. The van der Waals surface area contributed by atoms with Gasteiger partial charge >= 0.3 is 6.09 Å².